The topological polar surface area (TPSA) is 12.4 Å². The predicted molar refractivity (Wildman–Crippen MR) is 46.3 cm³/mol. The van der Waals surface area contributed by atoms with Crippen molar-refractivity contribution in [3.05, 3.63) is 23.1 Å². The Hall–Kier alpha value is -0.500. The molecule has 0 amide bonds. The summed E-state index contributed by atoms with van der Waals surface area (Å²) >= 11 is 4.07. The van der Waals surface area contributed by atoms with Gasteiger partial charge in [0.05, 0.1) is 6.54 Å². The van der Waals surface area contributed by atoms with Gasteiger partial charge in [-0.05, 0) is 30.2 Å². The third-order valence-corrected chi connectivity index (χ3v) is 0.857. The molecule has 0 aromatic heterocycles. The first-order valence-electron chi connectivity index (χ1n) is 2.64. The molecule has 0 heterocycles. The maximum Gasteiger partial charge on any atom is 0.0627 e. The van der Waals surface area contributed by atoms with Crippen molar-refractivity contribution >= 4 is 19.3 Å². The van der Waals surface area contributed by atoms with Gasteiger partial charge in [-0.2, -0.15) is 0 Å². The molecule has 0 bridgehead atoms. The second kappa shape index (κ2) is 4.39. The van der Waals surface area contributed by atoms with Gasteiger partial charge in [0, 0.05) is 0 Å². The van der Waals surface area contributed by atoms with Crippen molar-refractivity contribution in [2.24, 2.45) is 4.99 Å². The van der Waals surface area contributed by atoms with Gasteiger partial charge < -0.3 is 0 Å². The number of nitrogens with zero attached hydrogens (tertiary/aromatic N) is 1. The van der Waals surface area contributed by atoms with Crippen LogP contribution in [0.4, 0.5) is 0 Å². The van der Waals surface area contributed by atoms with Gasteiger partial charge in [-0.15, -0.1) is 12.6 Å². The zero-order chi connectivity index (χ0) is 7.28. The van der Waals surface area contributed by atoms with Crippen LogP contribution >= 0.6 is 12.6 Å². The lowest BCUT2D eigenvalue weighted by atomic mass is 10.3. The molecule has 0 saturated heterocycles. The quantitative estimate of drug-likeness (QED) is 0.351. The Balaban J connectivity index is 3.76. The van der Waals surface area contributed by atoms with Crippen LogP contribution < -0.4 is 0 Å². The summed E-state index contributed by atoms with van der Waals surface area (Å²) in [6.07, 6.45) is 1.87. The zero-order valence-corrected chi connectivity index (χ0v) is 6.49. The Morgan fingerprint density at radius 1 is 1.78 bits per heavy atom. The van der Waals surface area contributed by atoms with Gasteiger partial charge in [0.25, 0.3) is 0 Å². The van der Waals surface area contributed by atoms with E-state index in [-0.39, 0.29) is 0 Å². The summed E-state index contributed by atoms with van der Waals surface area (Å²) in [5.41, 5.74) is 0.942. The largest absolute Gasteiger partial charge is 0.296 e. The number of aliphatic imine (C=N–C) groups is 1. The van der Waals surface area contributed by atoms with Crippen molar-refractivity contribution in [3.8, 4) is 0 Å². The molecule has 0 spiro atoms. The average Bonchev–Trinajstić information content (AvgIpc) is 1.63. The number of rotatable bonds is 3. The van der Waals surface area contributed by atoms with E-state index in [4.69, 9.17) is 0 Å². The molecule has 0 aliphatic carbocycles. The summed E-state index contributed by atoms with van der Waals surface area (Å²) < 4.78 is 0. The maximum atomic E-state index is 4.07. The lowest BCUT2D eigenvalue weighted by Crippen LogP contribution is -1.80. The van der Waals surface area contributed by atoms with E-state index in [2.05, 4.69) is 30.9 Å². The lowest BCUT2D eigenvalue weighted by molar-refractivity contribution is 1.20. The Labute approximate surface area is 61.6 Å². The molecule has 0 radical (unpaired) electrons. The molecule has 0 aromatic rings. The van der Waals surface area contributed by atoms with Crippen molar-refractivity contribution in [2.45, 2.75) is 6.92 Å². The molecule has 0 fully saturated rings. The SMILES string of the molecule is C=NCC(=C)/C=C(\C)S. The first-order chi connectivity index (χ1) is 4.16. The maximum absolute atomic E-state index is 4.07. The molecular formula is C7H11NS. The Morgan fingerprint density at radius 2 is 2.33 bits per heavy atom. The molecule has 0 aliphatic rings. The van der Waals surface area contributed by atoms with Crippen LogP contribution in [0.25, 0.3) is 0 Å². The molecule has 0 aromatic carbocycles. The molecule has 2 heteroatoms. The van der Waals surface area contributed by atoms with E-state index in [0.717, 1.165) is 10.5 Å². The fraction of sp³-hybridized carbons (Fsp3) is 0.286. The number of allylic oxidation sites excluding steroid dienone is 1. The molecule has 0 saturated carbocycles. The van der Waals surface area contributed by atoms with Crippen LogP contribution in [-0.4, -0.2) is 13.3 Å². The number of hydrogen-bond acceptors (Lipinski definition) is 2. The standard InChI is InChI=1S/C7H11NS/c1-6(5-8-3)4-7(2)9/h4,9H,1,3,5H2,2H3/b7-4+. The molecule has 50 valence electrons. The van der Waals surface area contributed by atoms with Crippen molar-refractivity contribution in [1.29, 1.82) is 0 Å². The summed E-state index contributed by atoms with van der Waals surface area (Å²) in [6, 6.07) is 0. The molecule has 0 unspecified atom stereocenters. The van der Waals surface area contributed by atoms with E-state index in [1.165, 1.54) is 0 Å². The minimum absolute atomic E-state index is 0.595. The highest BCUT2D eigenvalue weighted by Gasteiger charge is 1.84. The molecular weight excluding hydrogens is 130 g/mol. The van der Waals surface area contributed by atoms with Crippen LogP contribution in [0.5, 0.6) is 0 Å². The van der Waals surface area contributed by atoms with Crippen molar-refractivity contribution < 1.29 is 0 Å². The summed E-state index contributed by atoms with van der Waals surface area (Å²) in [4.78, 5) is 4.61. The van der Waals surface area contributed by atoms with Gasteiger partial charge in [0.1, 0.15) is 0 Å². The van der Waals surface area contributed by atoms with E-state index in [9.17, 15) is 0 Å². The first-order valence-corrected chi connectivity index (χ1v) is 3.09. The summed E-state index contributed by atoms with van der Waals surface area (Å²) in [6.45, 7) is 9.56. The minimum Gasteiger partial charge on any atom is -0.296 e. The van der Waals surface area contributed by atoms with Crippen LogP contribution in [0.15, 0.2) is 28.1 Å². The highest BCUT2D eigenvalue weighted by atomic mass is 32.1. The third kappa shape index (κ3) is 5.37. The molecule has 0 atom stereocenters. The smallest absolute Gasteiger partial charge is 0.0627 e. The van der Waals surface area contributed by atoms with Gasteiger partial charge in [0.15, 0.2) is 0 Å². The summed E-state index contributed by atoms with van der Waals surface area (Å²) in [5, 5.41) is 0. The van der Waals surface area contributed by atoms with Crippen molar-refractivity contribution in [3.63, 3.8) is 0 Å². The third-order valence-electron chi connectivity index (χ3n) is 0.728. The first kappa shape index (κ1) is 8.50. The van der Waals surface area contributed by atoms with Crippen LogP contribution in [0, 0.1) is 0 Å². The fourth-order valence-corrected chi connectivity index (χ4v) is 0.667. The van der Waals surface area contributed by atoms with Gasteiger partial charge >= 0.3 is 0 Å². The van der Waals surface area contributed by atoms with E-state index < -0.39 is 0 Å². The van der Waals surface area contributed by atoms with Gasteiger partial charge in [-0.1, -0.05) is 6.58 Å². The van der Waals surface area contributed by atoms with Crippen LogP contribution in [0.2, 0.25) is 0 Å². The zero-order valence-electron chi connectivity index (χ0n) is 5.59. The van der Waals surface area contributed by atoms with Crippen LogP contribution in [0.3, 0.4) is 0 Å². The summed E-state index contributed by atoms with van der Waals surface area (Å²) in [5.74, 6) is 0. The highest BCUT2D eigenvalue weighted by Crippen LogP contribution is 2.02. The fourth-order valence-electron chi connectivity index (χ4n) is 0.485. The average molecular weight is 141 g/mol. The normalized spacial score (nSPS) is 11.1. The van der Waals surface area contributed by atoms with E-state index in [1.54, 1.807) is 0 Å². The highest BCUT2D eigenvalue weighted by molar-refractivity contribution is 7.84. The molecule has 0 aliphatic heterocycles. The van der Waals surface area contributed by atoms with Gasteiger partial charge in [-0.3, -0.25) is 4.99 Å². The second-order valence-electron chi connectivity index (χ2n) is 1.83. The lowest BCUT2D eigenvalue weighted by Gasteiger charge is -1.92. The minimum atomic E-state index is 0.595. The molecule has 1 nitrogen and oxygen atoms in total. The molecule has 0 rings (SSSR count). The van der Waals surface area contributed by atoms with E-state index in [1.807, 2.05) is 13.0 Å². The number of hydrogen-bond donors (Lipinski definition) is 1. The van der Waals surface area contributed by atoms with E-state index >= 15 is 0 Å². The van der Waals surface area contributed by atoms with E-state index in [0.29, 0.717) is 6.54 Å². The van der Waals surface area contributed by atoms with Crippen LogP contribution in [-0.2, 0) is 0 Å². The molecule has 0 N–H and O–H groups in total. The molecule has 9 heavy (non-hydrogen) atoms. The monoisotopic (exact) mass is 141 g/mol. The van der Waals surface area contributed by atoms with Crippen molar-refractivity contribution in [1.82, 2.24) is 0 Å². The summed E-state index contributed by atoms with van der Waals surface area (Å²) in [7, 11) is 0. The second-order valence-corrected chi connectivity index (χ2v) is 2.53. The Morgan fingerprint density at radius 3 is 2.67 bits per heavy atom. The van der Waals surface area contributed by atoms with Gasteiger partial charge in [-0.25, -0.2) is 0 Å². The van der Waals surface area contributed by atoms with Crippen LogP contribution in [0.1, 0.15) is 6.92 Å². The van der Waals surface area contributed by atoms with Gasteiger partial charge in [0.2, 0.25) is 0 Å². The Bertz CT molecular complexity index is 143. The predicted octanol–water partition coefficient (Wildman–Crippen LogP) is 2.08. The Kier molecular flexibility index (Phi) is 4.14. The van der Waals surface area contributed by atoms with Crippen molar-refractivity contribution in [2.75, 3.05) is 6.54 Å². The number of thiol groups is 1.